The molecule has 0 aromatic rings. The maximum Gasteiger partial charge on any atom is 1.00 e. The molecule has 0 aromatic heterocycles. The molecule has 4 nitrogen and oxygen atoms in total. The fourth-order valence-corrected chi connectivity index (χ4v) is 4.34. The summed E-state index contributed by atoms with van der Waals surface area (Å²) < 4.78 is 12.0. The molecule has 0 aromatic carbocycles. The summed E-state index contributed by atoms with van der Waals surface area (Å²) in [7, 11) is 0. The van der Waals surface area contributed by atoms with E-state index in [0.717, 1.165) is 38.5 Å². The summed E-state index contributed by atoms with van der Waals surface area (Å²) in [6.45, 7) is 21.1. The van der Waals surface area contributed by atoms with Crippen molar-refractivity contribution in [1.29, 1.82) is 0 Å². The molecule has 210 valence electrons. The average Bonchev–Trinajstić information content (AvgIpc) is 2.71. The van der Waals surface area contributed by atoms with Crippen LogP contribution < -0.4 is 51.4 Å². The van der Waals surface area contributed by atoms with Crippen LogP contribution in [0.2, 0.25) is 0 Å². The van der Waals surface area contributed by atoms with Crippen molar-refractivity contribution in [3.05, 3.63) is 0 Å². The van der Waals surface area contributed by atoms with Gasteiger partial charge in [-0.05, 0) is 39.5 Å². The number of esters is 2. The van der Waals surface area contributed by atoms with Crippen molar-refractivity contribution in [3.63, 3.8) is 0 Å². The van der Waals surface area contributed by atoms with Crippen LogP contribution in [0.3, 0.4) is 0 Å². The molecule has 0 aliphatic carbocycles. The van der Waals surface area contributed by atoms with Gasteiger partial charge in [-0.3, -0.25) is 9.59 Å². The third-order valence-electron chi connectivity index (χ3n) is 8.15. The van der Waals surface area contributed by atoms with Crippen LogP contribution in [0.25, 0.3) is 0 Å². The first-order valence-corrected chi connectivity index (χ1v) is 14.6. The number of hydrogen-bond acceptors (Lipinski definition) is 4. The van der Waals surface area contributed by atoms with Crippen molar-refractivity contribution in [1.82, 2.24) is 0 Å². The van der Waals surface area contributed by atoms with Crippen LogP contribution in [0.15, 0.2) is 0 Å². The third-order valence-corrected chi connectivity index (χ3v) is 8.15. The molecule has 0 heterocycles. The van der Waals surface area contributed by atoms with E-state index in [9.17, 15) is 9.59 Å². The van der Waals surface area contributed by atoms with E-state index in [-0.39, 0.29) is 70.1 Å². The van der Waals surface area contributed by atoms with Crippen molar-refractivity contribution < 1.29 is 71.9 Å². The molecule has 0 aliphatic heterocycles. The minimum absolute atomic E-state index is 0. The Morgan fingerprint density at radius 1 is 0.528 bits per heavy atom. The molecule has 5 heteroatoms. The molecule has 0 saturated carbocycles. The van der Waals surface area contributed by atoms with Crippen molar-refractivity contribution in [3.8, 4) is 0 Å². The predicted molar refractivity (Wildman–Crippen MR) is 150 cm³/mol. The predicted octanol–water partition coefficient (Wildman–Crippen LogP) is 6.69. The SMILES string of the molecule is CCCCCCCCC(C)(OC(=O)CC(=O)OC(C)(CCCCCCCC)C(C)(C)C)C(C)(C)C.[H-].[K+]. The second kappa shape index (κ2) is 18.8. The minimum Gasteiger partial charge on any atom is -1.00 e. The third kappa shape index (κ3) is 15.2. The van der Waals surface area contributed by atoms with Gasteiger partial charge in [0.05, 0.1) is 0 Å². The standard InChI is InChI=1S/C31H60O4.K.H/c1-11-13-15-17-19-21-23-30(9,28(3,4)5)34-26(32)25-27(33)35-31(10,29(6,7)8)24-22-20-18-16-14-12-2;;/h11-25H2,1-10H3;;/q;+1;-1. The normalized spacial score (nSPS) is 15.4. The van der Waals surface area contributed by atoms with Crippen LogP contribution in [0.1, 0.15) is 167 Å². The van der Waals surface area contributed by atoms with Crippen LogP contribution in [-0.4, -0.2) is 23.1 Å². The van der Waals surface area contributed by atoms with Gasteiger partial charge in [-0.1, -0.05) is 120 Å². The summed E-state index contributed by atoms with van der Waals surface area (Å²) in [5, 5.41) is 0. The van der Waals surface area contributed by atoms with Gasteiger partial charge in [0.15, 0.2) is 0 Å². The van der Waals surface area contributed by atoms with Gasteiger partial charge in [0.25, 0.3) is 0 Å². The molecule has 0 aliphatic rings. The number of unbranched alkanes of at least 4 members (excludes halogenated alkanes) is 10. The topological polar surface area (TPSA) is 52.6 Å². The number of rotatable bonds is 18. The molecular weight excluding hydrogens is 475 g/mol. The summed E-state index contributed by atoms with van der Waals surface area (Å²) in [6.07, 6.45) is 15.6. The Labute approximate surface area is 269 Å². The zero-order chi connectivity index (χ0) is 27.2. The van der Waals surface area contributed by atoms with E-state index in [1.807, 2.05) is 13.8 Å². The molecule has 0 amide bonds. The average molecular weight is 537 g/mol. The molecule has 2 atom stereocenters. The Morgan fingerprint density at radius 2 is 0.806 bits per heavy atom. The molecule has 36 heavy (non-hydrogen) atoms. The smallest absolute Gasteiger partial charge is 1.00 e. The molecule has 0 rings (SSSR count). The summed E-state index contributed by atoms with van der Waals surface area (Å²) in [6, 6.07) is 0. The van der Waals surface area contributed by atoms with Crippen LogP contribution in [-0.2, 0) is 19.1 Å². The van der Waals surface area contributed by atoms with Gasteiger partial charge in [-0.25, -0.2) is 0 Å². The van der Waals surface area contributed by atoms with Crippen molar-refractivity contribution in [2.75, 3.05) is 0 Å². The van der Waals surface area contributed by atoms with Crippen molar-refractivity contribution in [2.24, 2.45) is 10.8 Å². The Balaban J connectivity index is -0.00000578. The van der Waals surface area contributed by atoms with E-state index in [2.05, 4.69) is 55.4 Å². The van der Waals surface area contributed by atoms with Gasteiger partial charge in [-0.2, -0.15) is 0 Å². The minimum atomic E-state index is -0.610. The van der Waals surface area contributed by atoms with E-state index in [1.54, 1.807) is 0 Å². The van der Waals surface area contributed by atoms with Crippen LogP contribution in [0.5, 0.6) is 0 Å². The molecule has 0 bridgehead atoms. The molecule has 0 radical (unpaired) electrons. The Hall–Kier alpha value is 0.576. The van der Waals surface area contributed by atoms with E-state index in [4.69, 9.17) is 9.47 Å². The van der Waals surface area contributed by atoms with Crippen molar-refractivity contribution in [2.45, 2.75) is 177 Å². The van der Waals surface area contributed by atoms with E-state index >= 15 is 0 Å². The van der Waals surface area contributed by atoms with Crippen LogP contribution >= 0.6 is 0 Å². The van der Waals surface area contributed by atoms with Crippen LogP contribution in [0.4, 0.5) is 0 Å². The van der Waals surface area contributed by atoms with E-state index in [0.29, 0.717) is 0 Å². The second-order valence-corrected chi connectivity index (χ2v) is 13.1. The van der Waals surface area contributed by atoms with Gasteiger partial charge in [0.2, 0.25) is 0 Å². The van der Waals surface area contributed by atoms with Gasteiger partial charge in [-0.15, -0.1) is 0 Å². The molecule has 0 spiro atoms. The largest absolute Gasteiger partial charge is 1.00 e. The van der Waals surface area contributed by atoms with Gasteiger partial charge in [0.1, 0.15) is 17.6 Å². The monoisotopic (exact) mass is 536 g/mol. The number of hydrogen-bond donors (Lipinski definition) is 0. The molecule has 0 fully saturated rings. The van der Waals surface area contributed by atoms with Gasteiger partial charge < -0.3 is 10.9 Å². The van der Waals surface area contributed by atoms with E-state index < -0.39 is 23.1 Å². The van der Waals surface area contributed by atoms with Crippen molar-refractivity contribution >= 4 is 11.9 Å². The molecule has 2 unspecified atom stereocenters. The quantitative estimate of drug-likeness (QED) is 0.0847. The first-order valence-electron chi connectivity index (χ1n) is 14.6. The summed E-state index contributed by atoms with van der Waals surface area (Å²) >= 11 is 0. The number of carbonyl (C=O) groups is 2. The summed E-state index contributed by atoms with van der Waals surface area (Å²) in [5.74, 6) is -0.955. The van der Waals surface area contributed by atoms with Crippen LogP contribution in [0, 0.1) is 10.8 Å². The number of ether oxygens (including phenoxy) is 2. The Bertz CT molecular complexity index is 559. The van der Waals surface area contributed by atoms with Gasteiger partial charge in [0, 0.05) is 10.8 Å². The maximum atomic E-state index is 12.9. The van der Waals surface area contributed by atoms with Gasteiger partial charge >= 0.3 is 63.3 Å². The molecule has 0 saturated heterocycles. The second-order valence-electron chi connectivity index (χ2n) is 13.1. The first-order chi connectivity index (χ1) is 16.1. The Morgan fingerprint density at radius 3 is 1.08 bits per heavy atom. The molecular formula is C31H61KO4. The summed E-state index contributed by atoms with van der Waals surface area (Å²) in [5.41, 5.74) is -1.65. The maximum absolute atomic E-state index is 12.9. The first kappa shape index (κ1) is 38.7. The zero-order valence-corrected chi connectivity index (χ0v) is 29.4. The fraction of sp³-hybridized carbons (Fsp3) is 0.935. The zero-order valence-electron chi connectivity index (χ0n) is 27.2. The van der Waals surface area contributed by atoms with E-state index in [1.165, 1.54) is 51.4 Å². The summed E-state index contributed by atoms with van der Waals surface area (Å²) in [4.78, 5) is 25.7. The fourth-order valence-electron chi connectivity index (χ4n) is 4.34. The number of carbonyl (C=O) groups excluding carboxylic acids is 2. The Kier molecular flexibility index (Phi) is 20.2. The molecule has 0 N–H and O–H groups in total.